The molecule has 0 bridgehead atoms. The summed E-state index contributed by atoms with van der Waals surface area (Å²) in [7, 11) is 0. The lowest BCUT2D eigenvalue weighted by Gasteiger charge is -2.18. The van der Waals surface area contributed by atoms with Crippen molar-refractivity contribution in [1.29, 1.82) is 0 Å². The van der Waals surface area contributed by atoms with Gasteiger partial charge in [-0.3, -0.25) is 4.99 Å². The second-order valence-electron chi connectivity index (χ2n) is 2.57. The van der Waals surface area contributed by atoms with Gasteiger partial charge in [-0.2, -0.15) is 0 Å². The minimum absolute atomic E-state index is 0.262. The Morgan fingerprint density at radius 1 is 1.82 bits per heavy atom. The quantitative estimate of drug-likeness (QED) is 0.652. The Labute approximate surface area is 67.7 Å². The highest BCUT2D eigenvalue weighted by Gasteiger charge is 2.06. The van der Waals surface area contributed by atoms with Gasteiger partial charge in [0, 0.05) is 11.9 Å². The molecule has 0 aromatic heterocycles. The van der Waals surface area contributed by atoms with E-state index in [-0.39, 0.29) is 6.17 Å². The first-order valence-electron chi connectivity index (χ1n) is 3.99. The van der Waals surface area contributed by atoms with E-state index in [0.29, 0.717) is 0 Å². The average Bonchev–Trinajstić information content (AvgIpc) is 2.06. The van der Waals surface area contributed by atoms with Crippen molar-refractivity contribution in [2.24, 2.45) is 4.99 Å². The number of hydrogen-bond donors (Lipinski definition) is 1. The summed E-state index contributed by atoms with van der Waals surface area (Å²) in [6.07, 6.45) is 8.08. The molecule has 1 heterocycles. The van der Waals surface area contributed by atoms with Crippen LogP contribution in [0.2, 0.25) is 0 Å². The molecule has 0 fully saturated rings. The molecule has 60 valence electrons. The van der Waals surface area contributed by atoms with Crippen molar-refractivity contribution < 1.29 is 0 Å². The lowest BCUT2D eigenvalue weighted by molar-refractivity contribution is 0.543. The zero-order chi connectivity index (χ0) is 8.10. The summed E-state index contributed by atoms with van der Waals surface area (Å²) in [5.74, 6) is 0. The van der Waals surface area contributed by atoms with Crippen LogP contribution < -0.4 is 5.32 Å². The number of hydrogen-bond acceptors (Lipinski definition) is 2. The van der Waals surface area contributed by atoms with Crippen LogP contribution in [-0.2, 0) is 0 Å². The fraction of sp³-hybridized carbons (Fsp3) is 0.444. The molecule has 0 aromatic rings. The van der Waals surface area contributed by atoms with Crippen molar-refractivity contribution >= 4 is 6.21 Å². The van der Waals surface area contributed by atoms with E-state index < -0.39 is 0 Å². The maximum Gasteiger partial charge on any atom is 0.118 e. The van der Waals surface area contributed by atoms with Crippen LogP contribution in [0.5, 0.6) is 0 Å². The van der Waals surface area contributed by atoms with E-state index >= 15 is 0 Å². The van der Waals surface area contributed by atoms with Gasteiger partial charge in [0.2, 0.25) is 0 Å². The normalized spacial score (nSPS) is 22.3. The lowest BCUT2D eigenvalue weighted by atomic mass is 10.2. The van der Waals surface area contributed by atoms with Crippen LogP contribution in [0.15, 0.2) is 29.4 Å². The van der Waals surface area contributed by atoms with Gasteiger partial charge in [-0.15, -0.1) is 0 Å². The van der Waals surface area contributed by atoms with Gasteiger partial charge >= 0.3 is 0 Å². The molecule has 2 nitrogen and oxygen atoms in total. The van der Waals surface area contributed by atoms with Crippen molar-refractivity contribution in [2.45, 2.75) is 25.9 Å². The van der Waals surface area contributed by atoms with Crippen molar-refractivity contribution in [3.8, 4) is 0 Å². The first-order chi connectivity index (χ1) is 5.36. The lowest BCUT2D eigenvalue weighted by Crippen LogP contribution is -2.28. The van der Waals surface area contributed by atoms with Gasteiger partial charge in [0.05, 0.1) is 0 Å². The minimum atomic E-state index is 0.262. The fourth-order valence-electron chi connectivity index (χ4n) is 1.05. The van der Waals surface area contributed by atoms with Crippen LogP contribution in [0.25, 0.3) is 0 Å². The molecule has 1 aliphatic rings. The van der Waals surface area contributed by atoms with Gasteiger partial charge in [-0.1, -0.05) is 19.9 Å². The Balaban J connectivity index is 2.47. The Kier molecular flexibility index (Phi) is 2.90. The van der Waals surface area contributed by atoms with Crippen molar-refractivity contribution in [1.82, 2.24) is 5.32 Å². The standard InChI is InChI=1S/C9H14N2/c1-3-5-9-10-7-6-8(4-2)11-9/h4,6-7,9,11H,2-3,5H2,1H3. The molecule has 1 aliphatic heterocycles. The third-order valence-electron chi connectivity index (χ3n) is 1.64. The Bertz CT molecular complexity index is 192. The molecule has 0 spiro atoms. The number of nitrogens with one attached hydrogen (secondary N) is 1. The molecule has 0 aliphatic carbocycles. The number of allylic oxidation sites excluding steroid dienone is 2. The Morgan fingerprint density at radius 3 is 3.27 bits per heavy atom. The maximum absolute atomic E-state index is 4.26. The number of aliphatic imine (C=N–C) groups is 1. The third-order valence-corrected chi connectivity index (χ3v) is 1.64. The molecule has 1 atom stereocenters. The van der Waals surface area contributed by atoms with Crippen molar-refractivity contribution in [3.63, 3.8) is 0 Å². The third kappa shape index (κ3) is 2.22. The molecule has 1 rings (SSSR count). The van der Waals surface area contributed by atoms with Crippen LogP contribution in [0, 0.1) is 0 Å². The Morgan fingerprint density at radius 2 is 2.64 bits per heavy atom. The Hall–Kier alpha value is -1.05. The van der Waals surface area contributed by atoms with E-state index in [0.717, 1.165) is 18.5 Å². The van der Waals surface area contributed by atoms with Crippen LogP contribution >= 0.6 is 0 Å². The fourth-order valence-corrected chi connectivity index (χ4v) is 1.05. The zero-order valence-electron chi connectivity index (χ0n) is 6.88. The summed E-state index contributed by atoms with van der Waals surface area (Å²) in [5, 5.41) is 3.25. The molecule has 2 heteroatoms. The summed E-state index contributed by atoms with van der Waals surface area (Å²) >= 11 is 0. The summed E-state index contributed by atoms with van der Waals surface area (Å²) in [4.78, 5) is 4.26. The molecule has 0 saturated carbocycles. The SMILES string of the molecule is C=CC1=CC=NC(CCC)N1. The molecular weight excluding hydrogens is 136 g/mol. The predicted molar refractivity (Wildman–Crippen MR) is 48.6 cm³/mol. The van der Waals surface area contributed by atoms with Gasteiger partial charge in [-0.05, 0) is 18.6 Å². The van der Waals surface area contributed by atoms with Crippen LogP contribution in [0.3, 0.4) is 0 Å². The molecule has 0 saturated heterocycles. The number of nitrogens with zero attached hydrogens (tertiary/aromatic N) is 1. The molecule has 0 radical (unpaired) electrons. The summed E-state index contributed by atoms with van der Waals surface area (Å²) < 4.78 is 0. The van der Waals surface area contributed by atoms with E-state index in [1.165, 1.54) is 0 Å². The maximum atomic E-state index is 4.26. The monoisotopic (exact) mass is 150 g/mol. The molecular formula is C9H14N2. The minimum Gasteiger partial charge on any atom is -0.364 e. The molecule has 0 amide bonds. The first kappa shape index (κ1) is 8.05. The van der Waals surface area contributed by atoms with Gasteiger partial charge in [0.25, 0.3) is 0 Å². The van der Waals surface area contributed by atoms with Gasteiger partial charge in [0.15, 0.2) is 0 Å². The first-order valence-corrected chi connectivity index (χ1v) is 3.99. The second kappa shape index (κ2) is 3.96. The second-order valence-corrected chi connectivity index (χ2v) is 2.57. The molecule has 1 unspecified atom stereocenters. The van der Waals surface area contributed by atoms with E-state index in [1.807, 2.05) is 18.4 Å². The van der Waals surface area contributed by atoms with Crippen LogP contribution in [0.4, 0.5) is 0 Å². The van der Waals surface area contributed by atoms with E-state index in [1.54, 1.807) is 0 Å². The highest BCUT2D eigenvalue weighted by molar-refractivity contribution is 5.74. The molecule has 1 N–H and O–H groups in total. The van der Waals surface area contributed by atoms with E-state index in [4.69, 9.17) is 0 Å². The average molecular weight is 150 g/mol. The largest absolute Gasteiger partial charge is 0.364 e. The van der Waals surface area contributed by atoms with Gasteiger partial charge in [0.1, 0.15) is 6.17 Å². The van der Waals surface area contributed by atoms with E-state index in [9.17, 15) is 0 Å². The predicted octanol–water partition coefficient (Wildman–Crippen LogP) is 1.86. The smallest absolute Gasteiger partial charge is 0.118 e. The van der Waals surface area contributed by atoms with Gasteiger partial charge in [-0.25, -0.2) is 0 Å². The highest BCUT2D eigenvalue weighted by atomic mass is 15.1. The van der Waals surface area contributed by atoms with Crippen LogP contribution in [0.1, 0.15) is 19.8 Å². The summed E-state index contributed by atoms with van der Waals surface area (Å²) in [6, 6.07) is 0. The highest BCUT2D eigenvalue weighted by Crippen LogP contribution is 2.05. The van der Waals surface area contributed by atoms with Crippen molar-refractivity contribution in [2.75, 3.05) is 0 Å². The molecule has 0 aromatic carbocycles. The molecule has 11 heavy (non-hydrogen) atoms. The zero-order valence-corrected chi connectivity index (χ0v) is 6.88. The van der Waals surface area contributed by atoms with Gasteiger partial charge < -0.3 is 5.32 Å². The summed E-state index contributed by atoms with van der Waals surface area (Å²) in [5.41, 5.74) is 1.07. The number of rotatable bonds is 3. The van der Waals surface area contributed by atoms with Crippen LogP contribution in [-0.4, -0.2) is 12.4 Å². The topological polar surface area (TPSA) is 24.4 Å². The summed E-state index contributed by atoms with van der Waals surface area (Å²) in [6.45, 7) is 5.84. The van der Waals surface area contributed by atoms with E-state index in [2.05, 4.69) is 23.8 Å². The van der Waals surface area contributed by atoms with Crippen molar-refractivity contribution in [3.05, 3.63) is 24.4 Å².